The molecule has 0 unspecified atom stereocenters. The monoisotopic (exact) mass is 337 g/mol. The first kappa shape index (κ1) is 16.9. The molecule has 0 bridgehead atoms. The number of rotatable bonds is 4. The summed E-state index contributed by atoms with van der Waals surface area (Å²) in [5.41, 5.74) is -0.372. The zero-order chi connectivity index (χ0) is 17.4. The molecule has 1 aliphatic heterocycles. The number of carboxylic acids is 1. The average Bonchev–Trinajstić information content (AvgIpc) is 2.53. The third-order valence-corrected chi connectivity index (χ3v) is 5.40. The van der Waals surface area contributed by atoms with E-state index in [0.29, 0.717) is 32.4 Å². The van der Waals surface area contributed by atoms with E-state index in [-0.39, 0.29) is 11.8 Å². The van der Waals surface area contributed by atoms with E-state index in [1.165, 1.54) is 0 Å². The van der Waals surface area contributed by atoms with Crippen molar-refractivity contribution in [2.24, 2.45) is 11.3 Å². The summed E-state index contributed by atoms with van der Waals surface area (Å²) >= 11 is 0. The van der Waals surface area contributed by atoms with E-state index in [4.69, 9.17) is 0 Å². The molecule has 1 saturated heterocycles. The maximum atomic E-state index is 13.3. The number of alkyl halides is 2. The number of amides is 1. The number of benzene rings is 1. The molecule has 0 atom stereocenters. The Balaban J connectivity index is 1.57. The molecule has 1 aromatic carbocycles. The van der Waals surface area contributed by atoms with Crippen molar-refractivity contribution in [3.63, 3.8) is 0 Å². The van der Waals surface area contributed by atoms with Crippen LogP contribution in [0.3, 0.4) is 0 Å². The molecule has 6 heteroatoms. The van der Waals surface area contributed by atoms with Gasteiger partial charge in [-0.25, -0.2) is 8.78 Å². The summed E-state index contributed by atoms with van der Waals surface area (Å²) in [5.74, 6) is -4.26. The fourth-order valence-corrected chi connectivity index (χ4v) is 4.05. The maximum absolute atomic E-state index is 13.3. The summed E-state index contributed by atoms with van der Waals surface area (Å²) < 4.78 is 26.5. The van der Waals surface area contributed by atoms with Gasteiger partial charge in [-0.05, 0) is 24.3 Å². The van der Waals surface area contributed by atoms with E-state index < -0.39 is 30.1 Å². The number of halogens is 2. The minimum absolute atomic E-state index is 0.00274. The maximum Gasteiger partial charge on any atom is 0.310 e. The first-order valence-corrected chi connectivity index (χ1v) is 8.25. The van der Waals surface area contributed by atoms with Crippen LogP contribution in [0.25, 0.3) is 0 Å². The molecule has 0 radical (unpaired) electrons. The van der Waals surface area contributed by atoms with Crippen LogP contribution in [0.4, 0.5) is 8.78 Å². The largest absolute Gasteiger partial charge is 0.481 e. The van der Waals surface area contributed by atoms with E-state index in [2.05, 4.69) is 0 Å². The number of hydrogen-bond donors (Lipinski definition) is 1. The SMILES string of the molecule is O=C(Cc1ccccc1)N1CCC(C2(C(=O)O)CC(F)(F)C2)CC1. The van der Waals surface area contributed by atoms with Crippen LogP contribution < -0.4 is 0 Å². The third-order valence-electron chi connectivity index (χ3n) is 5.40. The fourth-order valence-electron chi connectivity index (χ4n) is 4.05. The highest BCUT2D eigenvalue weighted by Gasteiger charge is 2.64. The number of piperidine rings is 1. The van der Waals surface area contributed by atoms with Gasteiger partial charge in [0.1, 0.15) is 0 Å². The Labute approximate surface area is 139 Å². The Morgan fingerprint density at radius 3 is 2.21 bits per heavy atom. The van der Waals surface area contributed by atoms with E-state index in [0.717, 1.165) is 5.56 Å². The lowest BCUT2D eigenvalue weighted by atomic mass is 9.56. The molecule has 0 aromatic heterocycles. The Morgan fingerprint density at radius 2 is 1.71 bits per heavy atom. The number of carbonyl (C=O) groups excluding carboxylic acids is 1. The fraction of sp³-hybridized carbons (Fsp3) is 0.556. The van der Waals surface area contributed by atoms with E-state index in [1.807, 2.05) is 30.3 Å². The van der Waals surface area contributed by atoms with Crippen molar-refractivity contribution in [2.75, 3.05) is 13.1 Å². The number of aliphatic carboxylic acids is 1. The van der Waals surface area contributed by atoms with Gasteiger partial charge < -0.3 is 10.0 Å². The van der Waals surface area contributed by atoms with E-state index in [9.17, 15) is 23.5 Å². The van der Waals surface area contributed by atoms with E-state index >= 15 is 0 Å². The molecule has 1 N–H and O–H groups in total. The Morgan fingerprint density at radius 1 is 1.12 bits per heavy atom. The molecule has 130 valence electrons. The molecular formula is C18H21F2NO3. The van der Waals surface area contributed by atoms with Gasteiger partial charge >= 0.3 is 5.97 Å². The van der Waals surface area contributed by atoms with Gasteiger partial charge in [0.25, 0.3) is 0 Å². The molecule has 1 saturated carbocycles. The zero-order valence-corrected chi connectivity index (χ0v) is 13.4. The van der Waals surface area contributed by atoms with Gasteiger partial charge in [0.05, 0.1) is 11.8 Å². The Kier molecular flexibility index (Phi) is 4.32. The number of hydrogen-bond acceptors (Lipinski definition) is 2. The van der Waals surface area contributed by atoms with Gasteiger partial charge in [-0.1, -0.05) is 30.3 Å². The van der Waals surface area contributed by atoms with Crippen molar-refractivity contribution in [1.29, 1.82) is 0 Å². The summed E-state index contributed by atoms with van der Waals surface area (Å²) in [4.78, 5) is 25.6. The molecule has 2 aliphatic rings. The summed E-state index contributed by atoms with van der Waals surface area (Å²) in [5, 5.41) is 9.42. The van der Waals surface area contributed by atoms with Crippen molar-refractivity contribution in [2.45, 2.75) is 38.0 Å². The first-order valence-electron chi connectivity index (χ1n) is 8.25. The number of carbonyl (C=O) groups is 2. The second kappa shape index (κ2) is 6.15. The summed E-state index contributed by atoms with van der Waals surface area (Å²) in [6.45, 7) is 0.883. The van der Waals surface area contributed by atoms with Gasteiger partial charge in [0.15, 0.2) is 0 Å². The average molecular weight is 337 g/mol. The topological polar surface area (TPSA) is 57.6 Å². The molecule has 4 nitrogen and oxygen atoms in total. The number of nitrogens with zero attached hydrogens (tertiary/aromatic N) is 1. The van der Waals surface area contributed by atoms with E-state index in [1.54, 1.807) is 4.90 Å². The highest BCUT2D eigenvalue weighted by atomic mass is 19.3. The van der Waals surface area contributed by atoms with Crippen LogP contribution in [-0.4, -0.2) is 40.9 Å². The van der Waals surface area contributed by atoms with Gasteiger partial charge in [-0.3, -0.25) is 9.59 Å². The van der Waals surface area contributed by atoms with Crippen molar-refractivity contribution in [3.05, 3.63) is 35.9 Å². The minimum Gasteiger partial charge on any atom is -0.481 e. The second-order valence-electron chi connectivity index (χ2n) is 6.99. The lowest BCUT2D eigenvalue weighted by Gasteiger charge is -2.50. The van der Waals surface area contributed by atoms with Crippen LogP contribution in [0.1, 0.15) is 31.2 Å². The van der Waals surface area contributed by atoms with Crippen molar-refractivity contribution >= 4 is 11.9 Å². The van der Waals surface area contributed by atoms with Crippen molar-refractivity contribution < 1.29 is 23.5 Å². The number of carboxylic acid groups (broad SMARTS) is 1. The van der Waals surface area contributed by atoms with Crippen molar-refractivity contribution in [3.8, 4) is 0 Å². The van der Waals surface area contributed by atoms with Gasteiger partial charge in [0, 0.05) is 25.9 Å². The van der Waals surface area contributed by atoms with Gasteiger partial charge in [0.2, 0.25) is 11.8 Å². The van der Waals surface area contributed by atoms with Crippen LogP contribution in [-0.2, 0) is 16.0 Å². The number of likely N-dealkylation sites (tertiary alicyclic amines) is 1. The van der Waals surface area contributed by atoms with Crippen LogP contribution in [0.2, 0.25) is 0 Å². The predicted octanol–water partition coefficient (Wildman–Crippen LogP) is 2.97. The quantitative estimate of drug-likeness (QED) is 0.919. The predicted molar refractivity (Wildman–Crippen MR) is 83.7 cm³/mol. The first-order chi connectivity index (χ1) is 11.3. The molecule has 1 heterocycles. The van der Waals surface area contributed by atoms with Crippen molar-refractivity contribution in [1.82, 2.24) is 4.90 Å². The molecule has 2 fully saturated rings. The summed E-state index contributed by atoms with van der Waals surface area (Å²) in [6.07, 6.45) is 0.120. The van der Waals surface area contributed by atoms with Crippen LogP contribution >= 0.6 is 0 Å². The van der Waals surface area contributed by atoms with Gasteiger partial charge in [-0.15, -0.1) is 0 Å². The molecule has 0 spiro atoms. The van der Waals surface area contributed by atoms with Crippen LogP contribution in [0, 0.1) is 11.3 Å². The third kappa shape index (κ3) is 3.14. The molecular weight excluding hydrogens is 316 g/mol. The smallest absolute Gasteiger partial charge is 0.310 e. The lowest BCUT2D eigenvalue weighted by molar-refractivity contribution is -0.210. The summed E-state index contributed by atoms with van der Waals surface area (Å²) in [6, 6.07) is 9.42. The molecule has 3 rings (SSSR count). The highest BCUT2D eigenvalue weighted by molar-refractivity contribution is 5.79. The molecule has 1 aromatic rings. The minimum atomic E-state index is -2.86. The Bertz CT molecular complexity index is 616. The lowest BCUT2D eigenvalue weighted by Crippen LogP contribution is -2.57. The Hall–Kier alpha value is -1.98. The molecule has 1 aliphatic carbocycles. The van der Waals surface area contributed by atoms with Crippen LogP contribution in [0.15, 0.2) is 30.3 Å². The zero-order valence-electron chi connectivity index (χ0n) is 13.4. The molecule has 24 heavy (non-hydrogen) atoms. The highest BCUT2D eigenvalue weighted by Crippen LogP contribution is 2.58. The van der Waals surface area contributed by atoms with Crippen LogP contribution in [0.5, 0.6) is 0 Å². The normalized spacial score (nSPS) is 22.7. The summed E-state index contributed by atoms with van der Waals surface area (Å²) in [7, 11) is 0. The standard InChI is InChI=1S/C18H21F2NO3/c19-18(20)11-17(12-18,16(23)24)14-6-8-21(9-7-14)15(22)10-13-4-2-1-3-5-13/h1-5,14H,6-12H2,(H,23,24). The van der Waals surface area contributed by atoms with Gasteiger partial charge in [-0.2, -0.15) is 0 Å². The molecule has 1 amide bonds. The second-order valence-corrected chi connectivity index (χ2v) is 6.99.